The Hall–Kier alpha value is -6.48. The number of carbonyl (C=O) groups is 2. The quantitative estimate of drug-likeness (QED) is 0.117. The van der Waals surface area contributed by atoms with E-state index in [9.17, 15) is 9.59 Å². The Bertz CT molecular complexity index is 2970. The van der Waals surface area contributed by atoms with Crippen LogP contribution in [0.3, 0.4) is 0 Å². The van der Waals surface area contributed by atoms with E-state index >= 15 is 0 Å². The van der Waals surface area contributed by atoms with Crippen LogP contribution in [-0.2, 0) is 32.9 Å². The van der Waals surface area contributed by atoms with Gasteiger partial charge in [0.2, 0.25) is 0 Å². The molecule has 9 rings (SSSR count). The molecular formula is C50H50BBrN6O6. The first-order valence-corrected chi connectivity index (χ1v) is 21.5. The summed E-state index contributed by atoms with van der Waals surface area (Å²) >= 11 is 3.31. The molecule has 0 aliphatic carbocycles. The Morgan fingerprint density at radius 2 is 1.00 bits per heavy atom. The zero-order valence-corrected chi connectivity index (χ0v) is 39.2. The maximum absolute atomic E-state index is 12.2. The van der Waals surface area contributed by atoms with Crippen LogP contribution in [0, 0.1) is 13.8 Å². The summed E-state index contributed by atoms with van der Waals surface area (Å²) < 4.78 is 25.7. The summed E-state index contributed by atoms with van der Waals surface area (Å²) in [4.78, 5) is 23.8. The van der Waals surface area contributed by atoms with Crippen LogP contribution in [0.2, 0.25) is 0 Å². The number of ether oxygens (including phenoxy) is 2. The third kappa shape index (κ3) is 9.40. The molecule has 0 N–H and O–H groups in total. The van der Waals surface area contributed by atoms with Gasteiger partial charge in [-0.15, -0.1) is 10.2 Å². The Labute approximate surface area is 381 Å². The van der Waals surface area contributed by atoms with Gasteiger partial charge in [0.1, 0.15) is 22.1 Å². The number of rotatable bonds is 6. The van der Waals surface area contributed by atoms with Gasteiger partial charge in [-0.1, -0.05) is 123 Å². The number of hydrogen-bond donors (Lipinski definition) is 0. The highest BCUT2D eigenvalue weighted by atomic mass is 79.9. The molecule has 12 nitrogen and oxygen atoms in total. The molecule has 8 aromatic rings. The lowest BCUT2D eigenvalue weighted by Gasteiger charge is -2.32. The lowest BCUT2D eigenvalue weighted by Crippen LogP contribution is -2.41. The molecule has 0 unspecified atom stereocenters. The molecule has 14 heteroatoms. The average molecular weight is 922 g/mol. The normalized spacial score (nSPS) is 13.8. The molecule has 326 valence electrons. The fraction of sp³-hybridized carbons (Fsp3) is 0.240. The number of hydrogen-bond acceptors (Lipinski definition) is 10. The molecule has 1 aliphatic heterocycles. The van der Waals surface area contributed by atoms with Crippen molar-refractivity contribution < 1.29 is 28.4 Å². The van der Waals surface area contributed by atoms with Gasteiger partial charge in [0, 0.05) is 18.6 Å². The van der Waals surface area contributed by atoms with E-state index in [-0.39, 0.29) is 18.3 Å². The van der Waals surface area contributed by atoms with E-state index < -0.39 is 11.9 Å². The number of aryl methyl sites for hydroxylation is 4. The van der Waals surface area contributed by atoms with Gasteiger partial charge in [0.15, 0.2) is 0 Å². The average Bonchev–Trinajstić information content (AvgIpc) is 3.93. The maximum atomic E-state index is 12.2. The molecule has 2 aromatic heterocycles. The minimum absolute atomic E-state index is 0.295. The van der Waals surface area contributed by atoms with Crippen molar-refractivity contribution in [1.82, 2.24) is 30.0 Å². The van der Waals surface area contributed by atoms with Gasteiger partial charge in [-0.05, 0) is 116 Å². The number of fused-ring (bicyclic) bond motifs is 2. The molecular weight excluding hydrogens is 871 g/mol. The zero-order valence-electron chi connectivity index (χ0n) is 37.6. The van der Waals surface area contributed by atoms with Crippen molar-refractivity contribution in [3.8, 4) is 33.4 Å². The molecule has 6 aromatic carbocycles. The molecule has 64 heavy (non-hydrogen) atoms. The predicted molar refractivity (Wildman–Crippen MR) is 255 cm³/mol. The zero-order chi connectivity index (χ0) is 45.9. The predicted octanol–water partition coefficient (Wildman–Crippen LogP) is 9.88. The summed E-state index contributed by atoms with van der Waals surface area (Å²) in [6.07, 6.45) is 0. The van der Waals surface area contributed by atoms with Gasteiger partial charge in [-0.25, -0.2) is 19.0 Å². The van der Waals surface area contributed by atoms with Gasteiger partial charge < -0.3 is 18.8 Å². The van der Waals surface area contributed by atoms with E-state index in [0.29, 0.717) is 33.2 Å². The Kier molecular flexibility index (Phi) is 13.3. The largest absolute Gasteiger partial charge is 0.494 e. The highest BCUT2D eigenvalue weighted by Crippen LogP contribution is 2.37. The molecule has 1 saturated heterocycles. The molecule has 3 heterocycles. The van der Waals surface area contributed by atoms with Crippen LogP contribution in [0.15, 0.2) is 126 Å². The number of esters is 2. The van der Waals surface area contributed by atoms with Crippen molar-refractivity contribution in [2.24, 2.45) is 14.1 Å². The van der Waals surface area contributed by atoms with Crippen molar-refractivity contribution in [1.29, 1.82) is 0 Å². The van der Waals surface area contributed by atoms with Crippen molar-refractivity contribution in [3.05, 3.63) is 148 Å². The summed E-state index contributed by atoms with van der Waals surface area (Å²) in [5.41, 5.74) is 13.3. The number of halogens is 1. The third-order valence-electron chi connectivity index (χ3n) is 11.7. The van der Waals surface area contributed by atoms with E-state index in [1.54, 1.807) is 35.6 Å². The van der Waals surface area contributed by atoms with Gasteiger partial charge >= 0.3 is 19.1 Å². The summed E-state index contributed by atoms with van der Waals surface area (Å²) in [5, 5.41) is 16.0. The van der Waals surface area contributed by atoms with Crippen molar-refractivity contribution in [3.63, 3.8) is 0 Å². The Balaban J connectivity index is 0.000000150. The lowest BCUT2D eigenvalue weighted by atomic mass is 9.78. The third-order valence-corrected chi connectivity index (χ3v) is 12.2. The highest BCUT2D eigenvalue weighted by molar-refractivity contribution is 9.10. The van der Waals surface area contributed by atoms with Gasteiger partial charge in [-0.2, -0.15) is 0 Å². The van der Waals surface area contributed by atoms with E-state index in [0.717, 1.165) is 26.6 Å². The topological polar surface area (TPSA) is 132 Å². The van der Waals surface area contributed by atoms with E-state index in [4.69, 9.17) is 18.8 Å². The Morgan fingerprint density at radius 3 is 1.47 bits per heavy atom. The van der Waals surface area contributed by atoms with Crippen LogP contribution in [0.1, 0.15) is 59.5 Å². The highest BCUT2D eigenvalue weighted by Gasteiger charge is 2.51. The SMILES string of the molecule is COC(=O)c1cc(-c2ccc(-c3ccccc3C)cc2)cc2nnn(C)c12.COC(=O)c1cc(Br)cc2nnn(C)c12.Cc1ccccc1-c1ccc(B2OC(C)(C)C(C)(C)O2)cc1. The van der Waals surface area contributed by atoms with Crippen LogP contribution in [0.4, 0.5) is 0 Å². The first-order chi connectivity index (χ1) is 30.5. The second kappa shape index (κ2) is 18.7. The second-order valence-corrected chi connectivity index (χ2v) is 17.5. The van der Waals surface area contributed by atoms with Crippen molar-refractivity contribution in [2.45, 2.75) is 52.7 Å². The smallest absolute Gasteiger partial charge is 0.465 e. The first-order valence-electron chi connectivity index (χ1n) is 20.7. The van der Waals surface area contributed by atoms with E-state index in [2.05, 4.69) is 163 Å². The number of methoxy groups -OCH3 is 2. The maximum Gasteiger partial charge on any atom is 0.494 e. The van der Waals surface area contributed by atoms with Crippen LogP contribution >= 0.6 is 15.9 Å². The van der Waals surface area contributed by atoms with Gasteiger partial charge in [-0.3, -0.25) is 0 Å². The molecule has 0 atom stereocenters. The van der Waals surface area contributed by atoms with Crippen LogP contribution < -0.4 is 5.46 Å². The molecule has 1 aliphatic rings. The number of carbonyl (C=O) groups excluding carboxylic acids is 2. The van der Waals surface area contributed by atoms with E-state index in [1.165, 1.54) is 42.0 Å². The number of nitrogens with zero attached hydrogens (tertiary/aromatic N) is 6. The Morgan fingerprint density at radius 1 is 0.578 bits per heavy atom. The molecule has 0 radical (unpaired) electrons. The summed E-state index contributed by atoms with van der Waals surface area (Å²) in [5.74, 6) is -0.796. The fourth-order valence-electron chi connectivity index (χ4n) is 7.49. The van der Waals surface area contributed by atoms with Crippen molar-refractivity contribution in [2.75, 3.05) is 14.2 Å². The first kappa shape index (κ1) is 45.5. The monoisotopic (exact) mass is 920 g/mol. The summed E-state index contributed by atoms with van der Waals surface area (Å²) in [6.45, 7) is 12.6. The van der Waals surface area contributed by atoms with Crippen LogP contribution in [0.25, 0.3) is 55.4 Å². The second-order valence-electron chi connectivity index (χ2n) is 16.5. The molecule has 0 spiro atoms. The van der Waals surface area contributed by atoms with Crippen LogP contribution in [0.5, 0.6) is 0 Å². The summed E-state index contributed by atoms with van der Waals surface area (Å²) in [6, 6.07) is 40.8. The van der Waals surface area contributed by atoms with Crippen molar-refractivity contribution >= 4 is 62.5 Å². The summed E-state index contributed by atoms with van der Waals surface area (Å²) in [7, 11) is 5.92. The number of aromatic nitrogens is 6. The minimum Gasteiger partial charge on any atom is -0.465 e. The molecule has 1 fully saturated rings. The van der Waals surface area contributed by atoms with Gasteiger partial charge in [0.05, 0.1) is 36.5 Å². The van der Waals surface area contributed by atoms with Gasteiger partial charge in [0.25, 0.3) is 0 Å². The fourth-order valence-corrected chi connectivity index (χ4v) is 7.93. The minimum atomic E-state index is -0.399. The standard InChI is InChI=1S/C22H19N3O2.C19H23BO2.C9H8BrN3O2/c1-14-6-4-5-7-18(14)16-10-8-15(9-11-16)17-12-19(22(26)27-3)21-20(13-17)23-24-25(21)2;1-14-8-6-7-9-17(14)15-10-12-16(13-11-15)20-21-18(2,3)19(4,5)22-20;1-13-8-6(9(14)15-2)3-5(10)4-7(8)11-12-13/h4-13H,1-3H3;6-13H,1-5H3;3-4H,1-2H3. The van der Waals surface area contributed by atoms with E-state index in [1.807, 2.05) is 24.3 Å². The number of benzene rings is 6. The molecule has 0 saturated carbocycles. The lowest BCUT2D eigenvalue weighted by molar-refractivity contribution is 0.00578. The van der Waals surface area contributed by atoms with Crippen LogP contribution in [-0.4, -0.2) is 74.5 Å². The molecule has 0 amide bonds. The molecule has 0 bridgehead atoms.